The van der Waals surface area contributed by atoms with E-state index in [9.17, 15) is 23.3 Å². The van der Waals surface area contributed by atoms with E-state index >= 15 is 0 Å². The summed E-state index contributed by atoms with van der Waals surface area (Å²) in [5, 5.41) is 16.1. The fraction of sp³-hybridized carbons (Fsp3) is 0.200. The van der Waals surface area contributed by atoms with Crippen LogP contribution in [-0.2, 0) is 6.18 Å². The molecule has 162 valence electrons. The van der Waals surface area contributed by atoms with Crippen LogP contribution < -0.4 is 15.4 Å². The van der Waals surface area contributed by atoms with Crippen LogP contribution in [0.1, 0.15) is 18.9 Å². The van der Waals surface area contributed by atoms with Gasteiger partial charge in [-0.1, -0.05) is 13.0 Å². The van der Waals surface area contributed by atoms with E-state index in [0.717, 1.165) is 6.42 Å². The lowest BCUT2D eigenvalue weighted by atomic mass is 10.2. The van der Waals surface area contributed by atoms with E-state index in [0.29, 0.717) is 29.9 Å². The molecule has 0 saturated carbocycles. The number of rotatable bonds is 8. The standard InChI is InChI=1S/C20H18F3N5O3/c1-2-10-31-16-5-3-4-14(11-16)25-18-17(20(21,22)23)12-24-19(27-18)26-13-6-8-15(9-7-13)28(29)30/h3-9,11-12H,2,10H2,1H3,(H2,24,25,26,27). The molecule has 1 heterocycles. The summed E-state index contributed by atoms with van der Waals surface area (Å²) in [6.45, 7) is 2.42. The molecule has 0 aliphatic carbocycles. The van der Waals surface area contributed by atoms with Crippen molar-refractivity contribution in [1.29, 1.82) is 0 Å². The van der Waals surface area contributed by atoms with Gasteiger partial charge in [-0.15, -0.1) is 0 Å². The molecule has 3 aromatic rings. The summed E-state index contributed by atoms with van der Waals surface area (Å²) in [5.41, 5.74) is -0.418. The first-order valence-electron chi connectivity index (χ1n) is 9.22. The Balaban J connectivity index is 1.88. The van der Waals surface area contributed by atoms with Crippen LogP contribution in [0.4, 0.5) is 42.0 Å². The van der Waals surface area contributed by atoms with Crippen molar-refractivity contribution in [1.82, 2.24) is 9.97 Å². The molecule has 0 atom stereocenters. The third-order valence-electron chi connectivity index (χ3n) is 4.00. The number of nitro benzene ring substituents is 1. The number of halogens is 3. The lowest BCUT2D eigenvalue weighted by Gasteiger charge is -2.15. The average molecular weight is 433 g/mol. The van der Waals surface area contributed by atoms with Crippen LogP contribution in [-0.4, -0.2) is 21.5 Å². The second kappa shape index (κ2) is 9.28. The molecule has 1 aromatic heterocycles. The summed E-state index contributed by atoms with van der Waals surface area (Å²) < 4.78 is 45.8. The van der Waals surface area contributed by atoms with Gasteiger partial charge in [-0.3, -0.25) is 10.1 Å². The van der Waals surface area contributed by atoms with E-state index in [1.165, 1.54) is 24.3 Å². The first-order valence-corrected chi connectivity index (χ1v) is 9.22. The van der Waals surface area contributed by atoms with Gasteiger partial charge in [0.15, 0.2) is 0 Å². The van der Waals surface area contributed by atoms with E-state index in [1.54, 1.807) is 24.3 Å². The van der Waals surface area contributed by atoms with Gasteiger partial charge >= 0.3 is 6.18 Å². The maximum Gasteiger partial charge on any atom is 0.421 e. The minimum atomic E-state index is -4.68. The summed E-state index contributed by atoms with van der Waals surface area (Å²) in [7, 11) is 0. The molecule has 0 saturated heterocycles. The van der Waals surface area contributed by atoms with E-state index in [2.05, 4.69) is 20.6 Å². The zero-order valence-corrected chi connectivity index (χ0v) is 16.3. The molecule has 2 N–H and O–H groups in total. The molecule has 0 amide bonds. The van der Waals surface area contributed by atoms with E-state index in [1.807, 2.05) is 6.92 Å². The lowest BCUT2D eigenvalue weighted by molar-refractivity contribution is -0.384. The van der Waals surface area contributed by atoms with Gasteiger partial charge in [-0.05, 0) is 30.7 Å². The predicted octanol–water partition coefficient (Wildman–Crippen LogP) is 5.68. The number of anilines is 4. The van der Waals surface area contributed by atoms with Crippen LogP contribution in [0.5, 0.6) is 5.75 Å². The highest BCUT2D eigenvalue weighted by Crippen LogP contribution is 2.35. The second-order valence-corrected chi connectivity index (χ2v) is 6.38. The van der Waals surface area contributed by atoms with Gasteiger partial charge in [0.1, 0.15) is 17.1 Å². The fourth-order valence-electron chi connectivity index (χ4n) is 2.56. The van der Waals surface area contributed by atoms with Crippen molar-refractivity contribution >= 4 is 28.8 Å². The highest BCUT2D eigenvalue weighted by molar-refractivity contribution is 5.64. The van der Waals surface area contributed by atoms with Gasteiger partial charge in [-0.25, -0.2) is 4.98 Å². The number of hydrogen-bond acceptors (Lipinski definition) is 7. The number of non-ortho nitro benzene ring substituents is 1. The normalized spacial score (nSPS) is 11.1. The number of ether oxygens (including phenoxy) is 1. The van der Waals surface area contributed by atoms with Crippen LogP contribution >= 0.6 is 0 Å². The highest BCUT2D eigenvalue weighted by atomic mass is 19.4. The third kappa shape index (κ3) is 5.81. The van der Waals surface area contributed by atoms with Crippen molar-refractivity contribution in [2.45, 2.75) is 19.5 Å². The van der Waals surface area contributed by atoms with Gasteiger partial charge < -0.3 is 15.4 Å². The smallest absolute Gasteiger partial charge is 0.421 e. The van der Waals surface area contributed by atoms with Gasteiger partial charge in [0.2, 0.25) is 5.95 Å². The van der Waals surface area contributed by atoms with E-state index in [4.69, 9.17) is 4.74 Å². The van der Waals surface area contributed by atoms with Crippen molar-refractivity contribution in [3.05, 3.63) is 70.4 Å². The van der Waals surface area contributed by atoms with Crippen LogP contribution in [0.25, 0.3) is 0 Å². The van der Waals surface area contributed by atoms with Gasteiger partial charge in [-0.2, -0.15) is 18.2 Å². The van der Waals surface area contributed by atoms with Gasteiger partial charge in [0, 0.05) is 35.8 Å². The van der Waals surface area contributed by atoms with Crippen LogP contribution in [0.2, 0.25) is 0 Å². The molecular weight excluding hydrogens is 415 g/mol. The summed E-state index contributed by atoms with van der Waals surface area (Å²) in [4.78, 5) is 17.9. The minimum absolute atomic E-state index is 0.109. The first-order chi connectivity index (χ1) is 14.8. The second-order valence-electron chi connectivity index (χ2n) is 6.38. The molecule has 2 aromatic carbocycles. The maximum absolute atomic E-state index is 13.4. The zero-order valence-electron chi connectivity index (χ0n) is 16.3. The number of nitrogens with zero attached hydrogens (tertiary/aromatic N) is 3. The molecule has 0 spiro atoms. The van der Waals surface area contributed by atoms with Crippen molar-refractivity contribution < 1.29 is 22.8 Å². The molecule has 0 fully saturated rings. The zero-order chi connectivity index (χ0) is 22.4. The topological polar surface area (TPSA) is 102 Å². The Kier molecular flexibility index (Phi) is 6.53. The Morgan fingerprint density at radius 3 is 2.48 bits per heavy atom. The van der Waals surface area contributed by atoms with Crippen molar-refractivity contribution in [2.75, 3.05) is 17.2 Å². The summed E-state index contributed by atoms with van der Waals surface area (Å²) >= 11 is 0. The molecule has 8 nitrogen and oxygen atoms in total. The fourth-order valence-corrected chi connectivity index (χ4v) is 2.56. The SMILES string of the molecule is CCCOc1cccc(Nc2nc(Nc3ccc([N+](=O)[O-])cc3)ncc2C(F)(F)F)c1. The molecule has 0 aliphatic heterocycles. The monoisotopic (exact) mass is 433 g/mol. The Hall–Kier alpha value is -3.89. The Morgan fingerprint density at radius 1 is 1.10 bits per heavy atom. The number of alkyl halides is 3. The predicted molar refractivity (Wildman–Crippen MR) is 109 cm³/mol. The Labute approximate surface area is 175 Å². The largest absolute Gasteiger partial charge is 0.494 e. The molecule has 0 bridgehead atoms. The molecule has 11 heteroatoms. The van der Waals surface area contributed by atoms with Gasteiger partial charge in [0.25, 0.3) is 5.69 Å². The number of nitro groups is 1. The lowest BCUT2D eigenvalue weighted by Crippen LogP contribution is -2.12. The van der Waals surface area contributed by atoms with Crippen LogP contribution in [0.15, 0.2) is 54.7 Å². The highest BCUT2D eigenvalue weighted by Gasteiger charge is 2.35. The van der Waals surface area contributed by atoms with Crippen LogP contribution in [0, 0.1) is 10.1 Å². The molecule has 0 aliphatic rings. The summed E-state index contributed by atoms with van der Waals surface area (Å²) in [5.74, 6) is -0.0408. The van der Waals surface area contributed by atoms with Crippen molar-refractivity contribution in [3.63, 3.8) is 0 Å². The quantitative estimate of drug-likeness (QED) is 0.348. The molecule has 0 radical (unpaired) electrons. The maximum atomic E-state index is 13.4. The molecule has 3 rings (SSSR count). The third-order valence-corrected chi connectivity index (χ3v) is 4.00. The van der Waals surface area contributed by atoms with E-state index in [-0.39, 0.29) is 11.6 Å². The van der Waals surface area contributed by atoms with Crippen molar-refractivity contribution in [2.24, 2.45) is 0 Å². The Morgan fingerprint density at radius 2 is 1.84 bits per heavy atom. The van der Waals surface area contributed by atoms with E-state index < -0.39 is 22.5 Å². The molecular formula is C20H18F3N5O3. The average Bonchev–Trinajstić information content (AvgIpc) is 2.72. The molecule has 0 unspecified atom stereocenters. The number of aromatic nitrogens is 2. The van der Waals surface area contributed by atoms with Crippen molar-refractivity contribution in [3.8, 4) is 5.75 Å². The number of nitrogens with one attached hydrogen (secondary N) is 2. The number of hydrogen-bond donors (Lipinski definition) is 2. The van der Waals surface area contributed by atoms with Gasteiger partial charge in [0.05, 0.1) is 11.5 Å². The Bertz CT molecular complexity index is 1060. The van der Waals surface area contributed by atoms with Crippen LogP contribution in [0.3, 0.4) is 0 Å². The molecule has 31 heavy (non-hydrogen) atoms. The number of benzene rings is 2. The first kappa shape index (κ1) is 21.8. The summed E-state index contributed by atoms with van der Waals surface area (Å²) in [6.07, 6.45) is -3.22. The summed E-state index contributed by atoms with van der Waals surface area (Å²) in [6, 6.07) is 11.8. The minimum Gasteiger partial charge on any atom is -0.494 e.